The number of nitrogens with zero attached hydrogens (tertiary/aromatic N) is 1. The van der Waals surface area contributed by atoms with Crippen LogP contribution < -0.4 is 5.32 Å². The van der Waals surface area contributed by atoms with Crippen LogP contribution in [0.15, 0.2) is 64.4 Å². The van der Waals surface area contributed by atoms with Crippen LogP contribution in [0.3, 0.4) is 0 Å². The quantitative estimate of drug-likeness (QED) is 0.810. The summed E-state index contributed by atoms with van der Waals surface area (Å²) >= 11 is 0. The summed E-state index contributed by atoms with van der Waals surface area (Å²) in [6, 6.07) is 16.7. The molecule has 0 aromatic heterocycles. The molecule has 0 atom stereocenters. The summed E-state index contributed by atoms with van der Waals surface area (Å²) in [6.07, 6.45) is 0. The standard InChI is InChI=1S/C17H22N2O2S/c20-22(21,16-4-2-1-3-5-16)17-8-6-15(7-9-17)14-19-12-10-18-11-13-19/h1-9,18,20-21H,10-14H2. The molecule has 118 valence electrons. The van der Waals surface area contributed by atoms with Gasteiger partial charge < -0.3 is 5.32 Å². The largest absolute Gasteiger partial charge is 0.314 e. The number of hydrogen-bond acceptors (Lipinski definition) is 4. The Labute approximate surface area is 133 Å². The second-order valence-corrected chi connectivity index (χ2v) is 7.57. The van der Waals surface area contributed by atoms with Gasteiger partial charge in [-0.05, 0) is 29.8 Å². The predicted octanol–water partition coefficient (Wildman–Crippen LogP) is 3.26. The topological polar surface area (TPSA) is 55.7 Å². The maximum absolute atomic E-state index is 10.5. The first-order valence-electron chi connectivity index (χ1n) is 7.51. The van der Waals surface area contributed by atoms with E-state index in [1.54, 1.807) is 12.1 Å². The molecule has 3 rings (SSSR count). The second-order valence-electron chi connectivity index (χ2n) is 5.53. The van der Waals surface area contributed by atoms with Crippen LogP contribution in [0.1, 0.15) is 5.56 Å². The average Bonchev–Trinajstić information content (AvgIpc) is 2.57. The van der Waals surface area contributed by atoms with Gasteiger partial charge in [-0.2, -0.15) is 0 Å². The minimum atomic E-state index is -2.91. The van der Waals surface area contributed by atoms with E-state index in [1.807, 2.05) is 42.5 Å². The van der Waals surface area contributed by atoms with E-state index in [2.05, 4.69) is 10.2 Å². The van der Waals surface area contributed by atoms with Crippen LogP contribution in [0.4, 0.5) is 0 Å². The van der Waals surface area contributed by atoms with E-state index in [0.717, 1.165) is 32.7 Å². The van der Waals surface area contributed by atoms with E-state index in [9.17, 15) is 9.11 Å². The molecule has 0 saturated carbocycles. The van der Waals surface area contributed by atoms with E-state index < -0.39 is 10.6 Å². The Balaban J connectivity index is 1.73. The zero-order valence-electron chi connectivity index (χ0n) is 12.5. The first-order valence-corrected chi connectivity index (χ1v) is 9.06. The third kappa shape index (κ3) is 3.51. The summed E-state index contributed by atoms with van der Waals surface area (Å²) in [4.78, 5) is 3.54. The molecule has 4 nitrogen and oxygen atoms in total. The van der Waals surface area contributed by atoms with Crippen LogP contribution in [-0.2, 0) is 6.54 Å². The van der Waals surface area contributed by atoms with E-state index in [1.165, 1.54) is 5.56 Å². The summed E-state index contributed by atoms with van der Waals surface area (Å²) < 4.78 is 21.0. The number of rotatable bonds is 4. The molecule has 22 heavy (non-hydrogen) atoms. The highest BCUT2D eigenvalue weighted by Crippen LogP contribution is 2.55. The van der Waals surface area contributed by atoms with E-state index in [0.29, 0.717) is 9.79 Å². The monoisotopic (exact) mass is 318 g/mol. The van der Waals surface area contributed by atoms with Crippen molar-refractivity contribution in [3.63, 3.8) is 0 Å². The van der Waals surface area contributed by atoms with E-state index >= 15 is 0 Å². The van der Waals surface area contributed by atoms with Gasteiger partial charge in [-0.3, -0.25) is 14.0 Å². The van der Waals surface area contributed by atoms with Gasteiger partial charge in [-0.25, -0.2) is 0 Å². The average molecular weight is 318 g/mol. The highest BCUT2D eigenvalue weighted by Gasteiger charge is 2.18. The van der Waals surface area contributed by atoms with Crippen LogP contribution >= 0.6 is 10.6 Å². The summed E-state index contributed by atoms with van der Waals surface area (Å²) in [7, 11) is -2.91. The van der Waals surface area contributed by atoms with Crippen molar-refractivity contribution in [2.45, 2.75) is 16.3 Å². The SMILES string of the molecule is OS(O)(c1ccccc1)c1ccc(CN2CCNCC2)cc1. The Morgan fingerprint density at radius 2 is 1.45 bits per heavy atom. The van der Waals surface area contributed by atoms with Crippen LogP contribution in [0, 0.1) is 0 Å². The van der Waals surface area contributed by atoms with E-state index in [4.69, 9.17) is 0 Å². The molecule has 1 fully saturated rings. The molecule has 0 amide bonds. The molecule has 5 heteroatoms. The third-order valence-corrected chi connectivity index (χ3v) is 5.80. The molecule has 2 aromatic carbocycles. The fourth-order valence-electron chi connectivity index (χ4n) is 2.66. The van der Waals surface area contributed by atoms with Crippen molar-refractivity contribution in [3.05, 3.63) is 60.2 Å². The molecular weight excluding hydrogens is 296 g/mol. The molecule has 2 aromatic rings. The van der Waals surface area contributed by atoms with Gasteiger partial charge in [0.1, 0.15) is 0 Å². The fourth-order valence-corrected chi connectivity index (χ4v) is 3.98. The maximum atomic E-state index is 10.5. The minimum Gasteiger partial charge on any atom is -0.314 e. The van der Waals surface area contributed by atoms with Gasteiger partial charge in [0.05, 0.1) is 9.79 Å². The maximum Gasteiger partial charge on any atom is 0.0637 e. The summed E-state index contributed by atoms with van der Waals surface area (Å²) in [5, 5.41) is 3.34. The van der Waals surface area contributed by atoms with Crippen molar-refractivity contribution in [3.8, 4) is 0 Å². The van der Waals surface area contributed by atoms with Gasteiger partial charge in [0, 0.05) is 32.7 Å². The van der Waals surface area contributed by atoms with Crippen molar-refractivity contribution in [2.24, 2.45) is 0 Å². The first-order chi connectivity index (χ1) is 10.7. The molecular formula is C17H22N2O2S. The van der Waals surface area contributed by atoms with Crippen LogP contribution in [0.2, 0.25) is 0 Å². The number of piperazine rings is 1. The van der Waals surface area contributed by atoms with Gasteiger partial charge in [0.25, 0.3) is 0 Å². The molecule has 1 heterocycles. The fraction of sp³-hybridized carbons (Fsp3) is 0.294. The lowest BCUT2D eigenvalue weighted by molar-refractivity contribution is 0.233. The molecule has 0 unspecified atom stereocenters. The molecule has 0 aliphatic carbocycles. The minimum absolute atomic E-state index is 0.560. The Hall–Kier alpha value is -1.37. The Morgan fingerprint density at radius 1 is 0.864 bits per heavy atom. The lowest BCUT2D eigenvalue weighted by Gasteiger charge is -2.33. The van der Waals surface area contributed by atoms with Gasteiger partial charge in [0.15, 0.2) is 0 Å². The van der Waals surface area contributed by atoms with Gasteiger partial charge in [-0.15, -0.1) is 10.6 Å². The number of hydrogen-bond donors (Lipinski definition) is 3. The van der Waals surface area contributed by atoms with Gasteiger partial charge in [0.2, 0.25) is 0 Å². The first kappa shape index (κ1) is 15.5. The van der Waals surface area contributed by atoms with Gasteiger partial charge in [-0.1, -0.05) is 30.3 Å². The van der Waals surface area contributed by atoms with Crippen molar-refractivity contribution in [2.75, 3.05) is 26.2 Å². The molecule has 1 saturated heterocycles. The Bertz CT molecular complexity index is 596. The smallest absolute Gasteiger partial charge is 0.0637 e. The van der Waals surface area contributed by atoms with Crippen molar-refractivity contribution in [1.29, 1.82) is 0 Å². The molecule has 0 radical (unpaired) electrons. The van der Waals surface area contributed by atoms with Crippen LogP contribution in [-0.4, -0.2) is 40.2 Å². The molecule has 1 aliphatic rings. The predicted molar refractivity (Wildman–Crippen MR) is 90.4 cm³/mol. The third-order valence-electron chi connectivity index (χ3n) is 3.94. The lowest BCUT2D eigenvalue weighted by Crippen LogP contribution is -2.42. The van der Waals surface area contributed by atoms with Crippen LogP contribution in [0.5, 0.6) is 0 Å². The van der Waals surface area contributed by atoms with Crippen molar-refractivity contribution >= 4 is 10.6 Å². The van der Waals surface area contributed by atoms with Crippen molar-refractivity contribution < 1.29 is 9.11 Å². The van der Waals surface area contributed by atoms with E-state index in [-0.39, 0.29) is 0 Å². The molecule has 0 spiro atoms. The van der Waals surface area contributed by atoms with Crippen LogP contribution in [0.25, 0.3) is 0 Å². The summed E-state index contributed by atoms with van der Waals surface area (Å²) in [6.45, 7) is 5.09. The van der Waals surface area contributed by atoms with Crippen molar-refractivity contribution in [1.82, 2.24) is 10.2 Å². The molecule has 0 bridgehead atoms. The Kier molecular flexibility index (Phi) is 4.81. The highest BCUT2D eigenvalue weighted by atomic mass is 32.3. The number of benzene rings is 2. The Morgan fingerprint density at radius 3 is 2.09 bits per heavy atom. The normalized spacial score (nSPS) is 17.4. The number of nitrogens with one attached hydrogen (secondary N) is 1. The van der Waals surface area contributed by atoms with Gasteiger partial charge >= 0.3 is 0 Å². The second kappa shape index (κ2) is 6.81. The zero-order chi connectivity index (χ0) is 15.4. The summed E-state index contributed by atoms with van der Waals surface area (Å²) in [5.74, 6) is 0. The molecule has 3 N–H and O–H groups in total. The lowest BCUT2D eigenvalue weighted by atomic mass is 10.2. The summed E-state index contributed by atoms with van der Waals surface area (Å²) in [5.41, 5.74) is 1.20. The molecule has 1 aliphatic heterocycles. The highest BCUT2D eigenvalue weighted by molar-refractivity contribution is 8.24. The zero-order valence-corrected chi connectivity index (χ0v) is 13.3.